The number of aryl methyl sites for hydroxylation is 2. The molecule has 0 atom stereocenters. The zero-order valence-corrected chi connectivity index (χ0v) is 24.3. The number of allylic oxidation sites excluding steroid dienone is 2. The highest BCUT2D eigenvalue weighted by Crippen LogP contribution is 2.44. The van der Waals surface area contributed by atoms with Crippen molar-refractivity contribution in [2.24, 2.45) is 4.99 Å². The van der Waals surface area contributed by atoms with Gasteiger partial charge in [0.15, 0.2) is 0 Å². The van der Waals surface area contributed by atoms with Gasteiger partial charge in [0, 0.05) is 23.2 Å². The van der Waals surface area contributed by atoms with E-state index in [9.17, 15) is 0 Å². The Hall–Kier alpha value is -5.08. The Kier molecular flexibility index (Phi) is 6.34. The van der Waals surface area contributed by atoms with Gasteiger partial charge in [-0.2, -0.15) is 0 Å². The van der Waals surface area contributed by atoms with Crippen molar-refractivity contribution in [1.82, 2.24) is 4.98 Å². The first-order valence-electron chi connectivity index (χ1n) is 15.3. The van der Waals surface area contributed by atoms with Crippen LogP contribution in [-0.4, -0.2) is 10.7 Å². The number of rotatable bonds is 4. The van der Waals surface area contributed by atoms with Crippen LogP contribution >= 0.6 is 0 Å². The van der Waals surface area contributed by atoms with E-state index in [1.54, 1.807) is 0 Å². The fourth-order valence-electron chi connectivity index (χ4n) is 6.86. The van der Waals surface area contributed by atoms with Crippen molar-refractivity contribution in [3.05, 3.63) is 149 Å². The maximum absolute atomic E-state index is 5.09. The molecule has 0 spiro atoms. The molecule has 206 valence electrons. The molecule has 0 unspecified atom stereocenters. The first-order valence-corrected chi connectivity index (χ1v) is 15.3. The molecule has 0 saturated heterocycles. The summed E-state index contributed by atoms with van der Waals surface area (Å²) in [6, 6.07) is 38.1. The number of hydrogen-bond donors (Lipinski definition) is 0. The third-order valence-corrected chi connectivity index (χ3v) is 8.91. The number of benzene rings is 5. The average molecular weight is 553 g/mol. The standard InChI is InChI=1S/C41H32N2/c1-27-25-32(23-24-42-27)39-16-8-15-38(43-39)29-18-20-30(21-19-29)40-34-11-4-6-13-36(34)41(37-14-7-5-12-35(37)40)33-22-17-28-9-2-3-10-31(28)26-33/h2,4-7,9,11-14,16-26H,3,8,10,15H2,1H3. The lowest BCUT2D eigenvalue weighted by atomic mass is 9.84. The van der Waals surface area contributed by atoms with Crippen molar-refractivity contribution in [2.45, 2.75) is 32.6 Å². The van der Waals surface area contributed by atoms with Crippen LogP contribution in [0, 0.1) is 6.92 Å². The third kappa shape index (κ3) is 4.60. The fraction of sp³-hybridized carbons (Fsp3) is 0.122. The molecule has 8 rings (SSSR count). The highest BCUT2D eigenvalue weighted by Gasteiger charge is 2.18. The van der Waals surface area contributed by atoms with Gasteiger partial charge in [-0.15, -0.1) is 0 Å². The monoisotopic (exact) mass is 552 g/mol. The molecule has 1 aliphatic carbocycles. The minimum Gasteiger partial charge on any atom is -0.262 e. The molecule has 0 amide bonds. The summed E-state index contributed by atoms with van der Waals surface area (Å²) in [5.41, 5.74) is 13.5. The minimum atomic E-state index is 0.948. The van der Waals surface area contributed by atoms with Gasteiger partial charge in [0.1, 0.15) is 0 Å². The second kappa shape index (κ2) is 10.6. The van der Waals surface area contributed by atoms with Gasteiger partial charge in [-0.3, -0.25) is 9.98 Å². The summed E-state index contributed by atoms with van der Waals surface area (Å²) in [4.78, 5) is 9.44. The molecule has 0 fully saturated rings. The molecule has 2 aliphatic rings. The van der Waals surface area contributed by atoms with Gasteiger partial charge >= 0.3 is 0 Å². The second-order valence-electron chi connectivity index (χ2n) is 11.6. The quantitative estimate of drug-likeness (QED) is 0.200. The molecule has 2 nitrogen and oxygen atoms in total. The summed E-state index contributed by atoms with van der Waals surface area (Å²) in [6.07, 6.45) is 12.8. The van der Waals surface area contributed by atoms with Crippen LogP contribution in [0.25, 0.3) is 55.6 Å². The zero-order valence-electron chi connectivity index (χ0n) is 24.3. The Bertz CT molecular complexity index is 2070. The molecule has 0 bridgehead atoms. The van der Waals surface area contributed by atoms with Crippen LogP contribution < -0.4 is 0 Å². The van der Waals surface area contributed by atoms with Crippen LogP contribution in [0.5, 0.6) is 0 Å². The van der Waals surface area contributed by atoms with Crippen molar-refractivity contribution in [3.8, 4) is 22.3 Å². The lowest BCUT2D eigenvalue weighted by molar-refractivity contribution is 0.986. The topological polar surface area (TPSA) is 25.2 Å². The summed E-state index contributed by atoms with van der Waals surface area (Å²) in [6.45, 7) is 2.03. The molecule has 43 heavy (non-hydrogen) atoms. The highest BCUT2D eigenvalue weighted by atomic mass is 14.8. The van der Waals surface area contributed by atoms with Gasteiger partial charge in [0.2, 0.25) is 0 Å². The number of pyridine rings is 1. The molecule has 5 aromatic carbocycles. The smallest absolute Gasteiger partial charge is 0.0667 e. The third-order valence-electron chi connectivity index (χ3n) is 8.91. The lowest BCUT2D eigenvalue weighted by Gasteiger charge is -2.19. The highest BCUT2D eigenvalue weighted by molar-refractivity contribution is 6.21. The lowest BCUT2D eigenvalue weighted by Crippen LogP contribution is -2.05. The molecule has 0 saturated carbocycles. The first kappa shape index (κ1) is 25.6. The van der Waals surface area contributed by atoms with Crippen molar-refractivity contribution in [2.75, 3.05) is 0 Å². The number of nitrogens with zero attached hydrogens (tertiary/aromatic N) is 2. The Morgan fingerprint density at radius 2 is 1.23 bits per heavy atom. The van der Waals surface area contributed by atoms with Crippen LogP contribution in [0.4, 0.5) is 0 Å². The molecule has 6 aromatic rings. The molecule has 2 heteroatoms. The zero-order chi connectivity index (χ0) is 28.8. The van der Waals surface area contributed by atoms with Crippen molar-refractivity contribution < 1.29 is 0 Å². The predicted octanol–water partition coefficient (Wildman–Crippen LogP) is 10.6. The van der Waals surface area contributed by atoms with Crippen LogP contribution in [0.15, 0.2) is 126 Å². The molecule has 1 aliphatic heterocycles. The maximum Gasteiger partial charge on any atom is 0.0667 e. The van der Waals surface area contributed by atoms with E-state index in [2.05, 4.69) is 126 Å². The largest absolute Gasteiger partial charge is 0.262 e. The van der Waals surface area contributed by atoms with Gasteiger partial charge in [-0.1, -0.05) is 109 Å². The number of aliphatic imine (C=N–C) groups is 1. The number of aromatic nitrogens is 1. The Morgan fingerprint density at radius 1 is 0.581 bits per heavy atom. The Morgan fingerprint density at radius 3 is 1.93 bits per heavy atom. The first-order chi connectivity index (χ1) is 21.2. The van der Waals surface area contributed by atoms with E-state index in [0.29, 0.717) is 0 Å². The summed E-state index contributed by atoms with van der Waals surface area (Å²) >= 11 is 0. The number of hydrogen-bond acceptors (Lipinski definition) is 2. The van der Waals surface area contributed by atoms with Crippen LogP contribution in [0.1, 0.15) is 47.2 Å². The van der Waals surface area contributed by atoms with Gasteiger partial charge < -0.3 is 0 Å². The predicted molar refractivity (Wildman–Crippen MR) is 182 cm³/mol. The van der Waals surface area contributed by atoms with Crippen molar-refractivity contribution >= 4 is 39.0 Å². The van der Waals surface area contributed by atoms with Gasteiger partial charge in [0.25, 0.3) is 0 Å². The average Bonchev–Trinajstić information content (AvgIpc) is 3.07. The summed E-state index contributed by atoms with van der Waals surface area (Å²) in [7, 11) is 0. The summed E-state index contributed by atoms with van der Waals surface area (Å²) < 4.78 is 0. The van der Waals surface area contributed by atoms with E-state index in [-0.39, 0.29) is 0 Å². The maximum atomic E-state index is 5.09. The summed E-state index contributed by atoms with van der Waals surface area (Å²) in [5, 5.41) is 5.17. The van der Waals surface area contributed by atoms with E-state index < -0.39 is 0 Å². The van der Waals surface area contributed by atoms with E-state index in [1.165, 1.54) is 60.5 Å². The van der Waals surface area contributed by atoms with Gasteiger partial charge in [-0.05, 0) is 105 Å². The van der Waals surface area contributed by atoms with E-state index >= 15 is 0 Å². The fourth-order valence-corrected chi connectivity index (χ4v) is 6.86. The molecule has 2 heterocycles. The second-order valence-corrected chi connectivity index (χ2v) is 11.6. The summed E-state index contributed by atoms with van der Waals surface area (Å²) in [5.74, 6) is 0. The van der Waals surface area contributed by atoms with Crippen LogP contribution in [-0.2, 0) is 6.42 Å². The van der Waals surface area contributed by atoms with E-state index in [4.69, 9.17) is 4.99 Å². The Balaban J connectivity index is 1.25. The van der Waals surface area contributed by atoms with Crippen molar-refractivity contribution in [3.63, 3.8) is 0 Å². The van der Waals surface area contributed by atoms with Crippen molar-refractivity contribution in [1.29, 1.82) is 0 Å². The molecular formula is C41H32N2. The molecular weight excluding hydrogens is 520 g/mol. The molecule has 0 N–H and O–H groups in total. The number of fused-ring (bicyclic) bond motifs is 3. The van der Waals surface area contributed by atoms with Crippen LogP contribution in [0.2, 0.25) is 0 Å². The van der Waals surface area contributed by atoms with Gasteiger partial charge in [-0.25, -0.2) is 0 Å². The molecule has 0 radical (unpaired) electrons. The van der Waals surface area contributed by atoms with E-state index in [1.807, 2.05) is 13.1 Å². The Labute approximate surface area is 252 Å². The normalized spacial score (nSPS) is 14.4. The molecule has 1 aromatic heterocycles. The SMILES string of the molecule is Cc1cc(C2=CCCC(c3ccc(-c4c5ccccc5c(-c5ccc6c(c5)CCC=C6)c5ccccc45)cc3)=N2)ccn1. The minimum absolute atomic E-state index is 0.948. The van der Waals surface area contributed by atoms with Crippen LogP contribution in [0.3, 0.4) is 0 Å². The van der Waals surface area contributed by atoms with Gasteiger partial charge in [0.05, 0.1) is 5.70 Å². The van der Waals surface area contributed by atoms with E-state index in [0.717, 1.165) is 48.3 Å².